The number of benzene rings is 1. The van der Waals surface area contributed by atoms with Crippen LogP contribution in [0.15, 0.2) is 54.9 Å². The summed E-state index contributed by atoms with van der Waals surface area (Å²) in [5.41, 5.74) is -0.0971. The van der Waals surface area contributed by atoms with Crippen molar-refractivity contribution in [1.82, 2.24) is 19.8 Å². The van der Waals surface area contributed by atoms with Gasteiger partial charge in [-0.15, -0.1) is 0 Å². The maximum absolute atomic E-state index is 13.3. The molecule has 3 aromatic rings. The van der Waals surface area contributed by atoms with Gasteiger partial charge < -0.3 is 19.7 Å². The molecule has 1 aliphatic heterocycles. The zero-order valence-corrected chi connectivity index (χ0v) is 22.1. The summed E-state index contributed by atoms with van der Waals surface area (Å²) in [6, 6.07) is 11.9. The van der Waals surface area contributed by atoms with Crippen LogP contribution >= 0.6 is 0 Å². The van der Waals surface area contributed by atoms with E-state index in [1.807, 2.05) is 31.7 Å². The summed E-state index contributed by atoms with van der Waals surface area (Å²) >= 11 is 0. The molecule has 1 fully saturated rings. The zero-order valence-electron chi connectivity index (χ0n) is 22.1. The first-order valence-electron chi connectivity index (χ1n) is 12.3. The van der Waals surface area contributed by atoms with Crippen LogP contribution in [0.5, 0.6) is 17.4 Å². The molecule has 1 unspecified atom stereocenters. The van der Waals surface area contributed by atoms with E-state index in [1.54, 1.807) is 17.0 Å². The summed E-state index contributed by atoms with van der Waals surface area (Å²) in [5, 5.41) is 12.2. The molecular formula is C28H29FN6O4. The van der Waals surface area contributed by atoms with Crippen molar-refractivity contribution >= 4 is 17.6 Å². The molecule has 2 amide bonds. The highest BCUT2D eigenvalue weighted by Gasteiger charge is 2.40. The van der Waals surface area contributed by atoms with Crippen LogP contribution in [0, 0.1) is 17.1 Å². The zero-order chi connectivity index (χ0) is 28.2. The van der Waals surface area contributed by atoms with Crippen LogP contribution < -0.4 is 14.8 Å². The van der Waals surface area contributed by atoms with E-state index >= 15 is 0 Å². The fourth-order valence-corrected chi connectivity index (χ4v) is 4.42. The van der Waals surface area contributed by atoms with Crippen LogP contribution in [0.2, 0.25) is 0 Å². The van der Waals surface area contributed by atoms with Gasteiger partial charge >= 0.3 is 0 Å². The molecule has 0 spiro atoms. The van der Waals surface area contributed by atoms with E-state index in [4.69, 9.17) is 9.47 Å². The number of nitrogens with zero attached hydrogens (tertiary/aromatic N) is 5. The SMILES string of the molecule is COc1ncc(C(=O)N2CCN(C(C)C(=O)Nc3ccc(Oc4ccc(F)cc4)cn3)CC2(C)C)cc1C#N. The number of carbonyl (C=O) groups is 2. The number of amides is 2. The molecule has 10 nitrogen and oxygen atoms in total. The summed E-state index contributed by atoms with van der Waals surface area (Å²) in [5.74, 6) is 0.627. The van der Waals surface area contributed by atoms with Crippen molar-refractivity contribution in [3.05, 3.63) is 71.8 Å². The molecule has 1 aliphatic rings. The van der Waals surface area contributed by atoms with Gasteiger partial charge in [0.05, 0.1) is 30.5 Å². The molecular weight excluding hydrogens is 503 g/mol. The minimum absolute atomic E-state index is 0.169. The lowest BCUT2D eigenvalue weighted by molar-refractivity contribution is -0.122. The summed E-state index contributed by atoms with van der Waals surface area (Å²) in [4.78, 5) is 38.4. The Morgan fingerprint density at radius 3 is 2.44 bits per heavy atom. The molecule has 0 bridgehead atoms. The van der Waals surface area contributed by atoms with Gasteiger partial charge in [0.2, 0.25) is 11.8 Å². The van der Waals surface area contributed by atoms with Crippen molar-refractivity contribution in [3.8, 4) is 23.4 Å². The van der Waals surface area contributed by atoms with Crippen LogP contribution in [-0.4, -0.2) is 69.9 Å². The molecule has 0 radical (unpaired) electrons. The third-order valence-corrected chi connectivity index (χ3v) is 6.55. The second-order valence-electron chi connectivity index (χ2n) is 9.73. The van der Waals surface area contributed by atoms with E-state index in [0.29, 0.717) is 42.5 Å². The Balaban J connectivity index is 1.36. The first kappa shape index (κ1) is 27.5. The summed E-state index contributed by atoms with van der Waals surface area (Å²) in [6.45, 7) is 7.01. The van der Waals surface area contributed by atoms with E-state index < -0.39 is 11.6 Å². The third kappa shape index (κ3) is 6.30. The number of ether oxygens (including phenoxy) is 2. The molecule has 1 aromatic carbocycles. The number of pyridine rings is 2. The number of piperazine rings is 1. The highest BCUT2D eigenvalue weighted by atomic mass is 19.1. The Bertz CT molecular complexity index is 1390. The first-order chi connectivity index (χ1) is 18.6. The monoisotopic (exact) mass is 532 g/mol. The van der Waals surface area contributed by atoms with Crippen molar-refractivity contribution in [2.75, 3.05) is 32.1 Å². The van der Waals surface area contributed by atoms with Gasteiger partial charge in [-0.1, -0.05) is 0 Å². The van der Waals surface area contributed by atoms with Crippen LogP contribution in [0.25, 0.3) is 0 Å². The number of anilines is 1. The predicted octanol–water partition coefficient (Wildman–Crippen LogP) is 3.85. The van der Waals surface area contributed by atoms with Crippen LogP contribution in [-0.2, 0) is 4.79 Å². The highest BCUT2D eigenvalue weighted by molar-refractivity contribution is 5.95. The molecule has 1 N–H and O–H groups in total. The largest absolute Gasteiger partial charge is 0.480 e. The molecule has 2 aromatic heterocycles. The number of methoxy groups -OCH3 is 1. The van der Waals surface area contributed by atoms with Crippen molar-refractivity contribution < 1.29 is 23.5 Å². The van der Waals surface area contributed by atoms with Gasteiger partial charge in [-0.2, -0.15) is 5.26 Å². The van der Waals surface area contributed by atoms with E-state index in [9.17, 15) is 19.2 Å². The fourth-order valence-electron chi connectivity index (χ4n) is 4.42. The van der Waals surface area contributed by atoms with E-state index in [-0.39, 0.29) is 29.1 Å². The average molecular weight is 533 g/mol. The van der Waals surface area contributed by atoms with E-state index in [2.05, 4.69) is 15.3 Å². The number of rotatable bonds is 7. The van der Waals surface area contributed by atoms with Crippen LogP contribution in [0.4, 0.5) is 10.2 Å². The normalized spacial score (nSPS) is 15.6. The van der Waals surface area contributed by atoms with Gasteiger partial charge in [0.25, 0.3) is 5.91 Å². The second-order valence-corrected chi connectivity index (χ2v) is 9.73. The van der Waals surface area contributed by atoms with Crippen molar-refractivity contribution in [3.63, 3.8) is 0 Å². The summed E-state index contributed by atoms with van der Waals surface area (Å²) in [6.07, 6.45) is 2.88. The molecule has 0 aliphatic carbocycles. The Morgan fingerprint density at radius 2 is 1.82 bits per heavy atom. The van der Waals surface area contributed by atoms with Crippen molar-refractivity contribution in [2.24, 2.45) is 0 Å². The molecule has 202 valence electrons. The Hall–Kier alpha value is -4.56. The Morgan fingerprint density at radius 1 is 1.10 bits per heavy atom. The summed E-state index contributed by atoms with van der Waals surface area (Å²) < 4.78 is 23.8. The smallest absolute Gasteiger partial charge is 0.256 e. The number of nitriles is 1. The van der Waals surface area contributed by atoms with E-state index in [1.165, 1.54) is 49.8 Å². The highest BCUT2D eigenvalue weighted by Crippen LogP contribution is 2.26. The quantitative estimate of drug-likeness (QED) is 0.487. The lowest BCUT2D eigenvalue weighted by Crippen LogP contribution is -2.63. The average Bonchev–Trinajstić information content (AvgIpc) is 2.93. The fraction of sp³-hybridized carbons (Fsp3) is 0.321. The number of nitrogens with one attached hydrogen (secondary N) is 1. The van der Waals surface area contributed by atoms with Crippen molar-refractivity contribution in [1.29, 1.82) is 5.26 Å². The molecule has 4 rings (SSSR count). The first-order valence-corrected chi connectivity index (χ1v) is 12.3. The molecule has 1 saturated heterocycles. The van der Waals surface area contributed by atoms with E-state index in [0.717, 1.165) is 0 Å². The molecule has 11 heteroatoms. The maximum Gasteiger partial charge on any atom is 0.256 e. The van der Waals surface area contributed by atoms with Crippen LogP contribution in [0.3, 0.4) is 0 Å². The molecule has 1 atom stereocenters. The van der Waals surface area contributed by atoms with Crippen molar-refractivity contribution in [2.45, 2.75) is 32.4 Å². The summed E-state index contributed by atoms with van der Waals surface area (Å²) in [7, 11) is 1.42. The van der Waals surface area contributed by atoms with Crippen LogP contribution in [0.1, 0.15) is 36.7 Å². The van der Waals surface area contributed by atoms with Gasteiger partial charge in [-0.25, -0.2) is 14.4 Å². The lowest BCUT2D eigenvalue weighted by atomic mass is 9.96. The molecule has 3 heterocycles. The number of aromatic nitrogens is 2. The van der Waals surface area contributed by atoms with Gasteiger partial charge in [-0.3, -0.25) is 14.5 Å². The van der Waals surface area contributed by atoms with Gasteiger partial charge in [0, 0.05) is 25.8 Å². The Kier molecular flexibility index (Phi) is 8.07. The standard InChI is InChI=1S/C28H29FN6O4/c1-18(25(36)33-24-10-9-23(16-31-24)39-22-7-5-21(29)6-8-22)34-11-12-35(28(2,3)17-34)27(37)20-13-19(14-30)26(38-4)32-15-20/h5-10,13,15-16,18H,11-12,17H2,1-4H3,(H,31,33,36). The second kappa shape index (κ2) is 11.4. The number of hydrogen-bond donors (Lipinski definition) is 1. The number of carbonyl (C=O) groups excluding carboxylic acids is 2. The topological polar surface area (TPSA) is 121 Å². The maximum atomic E-state index is 13.3. The number of halogens is 1. The Labute approximate surface area is 226 Å². The molecule has 39 heavy (non-hydrogen) atoms. The predicted molar refractivity (Wildman–Crippen MR) is 141 cm³/mol. The van der Waals surface area contributed by atoms with Gasteiger partial charge in [-0.05, 0) is 63.2 Å². The lowest BCUT2D eigenvalue weighted by Gasteiger charge is -2.48. The molecule has 0 saturated carbocycles. The minimum Gasteiger partial charge on any atom is -0.480 e. The number of hydrogen-bond acceptors (Lipinski definition) is 8. The van der Waals surface area contributed by atoms with Gasteiger partial charge in [0.1, 0.15) is 34.8 Å². The third-order valence-electron chi connectivity index (χ3n) is 6.55. The minimum atomic E-state index is -0.589. The van der Waals surface area contributed by atoms with Gasteiger partial charge in [0.15, 0.2) is 0 Å².